The monoisotopic (exact) mass is 549 g/mol. The molecule has 2 fully saturated rings. The zero-order valence-electron chi connectivity index (χ0n) is 23.2. The number of aromatic nitrogens is 5. The summed E-state index contributed by atoms with van der Waals surface area (Å²) in [4.78, 5) is 35.7. The number of hydrogen-bond donors (Lipinski definition) is 2. The second-order valence-electron chi connectivity index (χ2n) is 10.9. The van der Waals surface area contributed by atoms with E-state index in [9.17, 15) is 9.59 Å². The van der Waals surface area contributed by atoms with Gasteiger partial charge in [-0.2, -0.15) is 0 Å². The van der Waals surface area contributed by atoms with E-state index in [1.54, 1.807) is 24.3 Å². The highest BCUT2D eigenvalue weighted by Gasteiger charge is 2.25. The number of fused-ring (bicyclic) bond motifs is 2. The van der Waals surface area contributed by atoms with Gasteiger partial charge in [-0.15, -0.1) is 0 Å². The Labute approximate surface area is 231 Å². The zero-order chi connectivity index (χ0) is 28.6. The molecule has 6 rings (SSSR count). The van der Waals surface area contributed by atoms with Gasteiger partial charge in [0.1, 0.15) is 17.2 Å². The number of nitrogens with zero attached hydrogens (tertiary/aromatic N) is 5. The van der Waals surface area contributed by atoms with Crippen molar-refractivity contribution < 1.29 is 29.3 Å². The highest BCUT2D eigenvalue weighted by molar-refractivity contribution is 5.92. The minimum absolute atomic E-state index is 0.0449. The summed E-state index contributed by atoms with van der Waals surface area (Å²) in [5, 5.41) is 18.2. The maximum atomic E-state index is 11.1. The molecule has 2 atom stereocenters. The minimum atomic E-state index is -1.02. The summed E-state index contributed by atoms with van der Waals surface area (Å²) in [7, 11) is 0. The molecule has 2 aliphatic rings. The lowest BCUT2D eigenvalue weighted by Crippen LogP contribution is -2.32. The molecule has 4 aromatic rings. The fourth-order valence-corrected chi connectivity index (χ4v) is 4.93. The molecule has 2 saturated heterocycles. The molecule has 2 aliphatic heterocycles. The average Bonchev–Trinajstić information content (AvgIpc) is 3.41. The van der Waals surface area contributed by atoms with Gasteiger partial charge in [0.05, 0.1) is 41.9 Å². The third-order valence-electron chi connectivity index (χ3n) is 7.26. The Kier molecular flexibility index (Phi) is 7.86. The first-order valence-corrected chi connectivity index (χ1v) is 13.7. The van der Waals surface area contributed by atoms with E-state index in [0.717, 1.165) is 60.8 Å². The van der Waals surface area contributed by atoms with E-state index in [1.807, 2.05) is 4.57 Å². The number of pyridine rings is 1. The predicted molar refractivity (Wildman–Crippen MR) is 148 cm³/mol. The lowest BCUT2D eigenvalue weighted by Gasteiger charge is -2.28. The van der Waals surface area contributed by atoms with Crippen LogP contribution in [-0.4, -0.2) is 71.7 Å². The topological polar surface area (TPSA) is 142 Å². The van der Waals surface area contributed by atoms with Crippen LogP contribution in [0.25, 0.3) is 22.2 Å². The normalized spacial score (nSPS) is 18.4. The van der Waals surface area contributed by atoms with E-state index >= 15 is 0 Å². The van der Waals surface area contributed by atoms with Gasteiger partial charge < -0.3 is 28.8 Å². The molecule has 11 heteroatoms. The molecule has 2 N–H and O–H groups in total. The zero-order valence-corrected chi connectivity index (χ0v) is 23.2. The Morgan fingerprint density at radius 2 is 1.38 bits per heavy atom. The molecule has 11 nitrogen and oxygen atoms in total. The van der Waals surface area contributed by atoms with Crippen LogP contribution in [0.15, 0.2) is 30.3 Å². The van der Waals surface area contributed by atoms with Crippen LogP contribution in [0.5, 0.6) is 0 Å². The van der Waals surface area contributed by atoms with Crippen molar-refractivity contribution in [1.82, 2.24) is 24.1 Å². The van der Waals surface area contributed by atoms with Gasteiger partial charge in [0.2, 0.25) is 0 Å². The van der Waals surface area contributed by atoms with Gasteiger partial charge in [0.15, 0.2) is 11.3 Å². The van der Waals surface area contributed by atoms with Crippen LogP contribution in [0.4, 0.5) is 0 Å². The third-order valence-corrected chi connectivity index (χ3v) is 7.26. The van der Waals surface area contributed by atoms with Gasteiger partial charge >= 0.3 is 11.9 Å². The van der Waals surface area contributed by atoms with E-state index in [2.05, 4.69) is 47.2 Å². The average molecular weight is 550 g/mol. The summed E-state index contributed by atoms with van der Waals surface area (Å²) >= 11 is 0. The first kappa shape index (κ1) is 27.7. The molecule has 3 aromatic heterocycles. The van der Waals surface area contributed by atoms with Gasteiger partial charge in [0, 0.05) is 25.0 Å². The van der Waals surface area contributed by atoms with Crippen molar-refractivity contribution in [2.75, 3.05) is 13.2 Å². The van der Waals surface area contributed by atoms with Crippen LogP contribution in [0.3, 0.4) is 0 Å². The van der Waals surface area contributed by atoms with Crippen molar-refractivity contribution in [3.8, 4) is 0 Å². The SMILES string of the molecule is CC(C)c1nc2ccc(C(=O)O)cc2n1C[C@@H]1CCO1.CC(C)c1nc2ccc(C(=O)O)nc2n1C[C@@H]1CCO1. The molecule has 0 aliphatic carbocycles. The molecule has 5 heterocycles. The Morgan fingerprint density at radius 3 is 1.90 bits per heavy atom. The molecule has 212 valence electrons. The van der Waals surface area contributed by atoms with Crippen LogP contribution >= 0.6 is 0 Å². The Hall–Kier alpha value is -3.83. The van der Waals surface area contributed by atoms with Crippen molar-refractivity contribution in [3.63, 3.8) is 0 Å². The summed E-state index contributed by atoms with van der Waals surface area (Å²) < 4.78 is 15.1. The summed E-state index contributed by atoms with van der Waals surface area (Å²) in [6, 6.07) is 8.30. The molecular formula is C29H35N5O6. The minimum Gasteiger partial charge on any atom is -0.478 e. The highest BCUT2D eigenvalue weighted by atomic mass is 16.5. The molecule has 0 radical (unpaired) electrons. The summed E-state index contributed by atoms with van der Waals surface area (Å²) in [6.45, 7) is 11.4. The van der Waals surface area contributed by atoms with Crippen LogP contribution in [0.2, 0.25) is 0 Å². The Morgan fingerprint density at radius 1 is 0.825 bits per heavy atom. The second kappa shape index (κ2) is 11.3. The van der Waals surface area contributed by atoms with Crippen molar-refractivity contribution in [2.24, 2.45) is 0 Å². The van der Waals surface area contributed by atoms with Crippen molar-refractivity contribution in [2.45, 2.75) is 77.7 Å². The predicted octanol–water partition coefficient (Wildman–Crippen LogP) is 4.69. The van der Waals surface area contributed by atoms with Gasteiger partial charge in [-0.1, -0.05) is 27.7 Å². The molecule has 0 saturated carbocycles. The number of aromatic carboxylic acids is 2. The molecular weight excluding hydrogens is 514 g/mol. The number of carboxylic acid groups (broad SMARTS) is 2. The number of hydrogen-bond acceptors (Lipinski definition) is 7. The third kappa shape index (κ3) is 5.57. The largest absolute Gasteiger partial charge is 0.478 e. The Balaban J connectivity index is 0.000000161. The summed E-state index contributed by atoms with van der Waals surface area (Å²) in [5.41, 5.74) is 3.43. The van der Waals surface area contributed by atoms with Crippen LogP contribution in [-0.2, 0) is 22.6 Å². The van der Waals surface area contributed by atoms with Gasteiger partial charge in [-0.05, 0) is 43.2 Å². The standard InChI is InChI=1S/C15H18N2O3.C14H17N3O3/c1-9(2)14-16-12-4-3-10(15(18)19)7-13(12)17(14)8-11-5-6-20-11;1-8(2)12-15-10-3-4-11(14(18)19)16-13(10)17(12)7-9-5-6-20-9/h3-4,7,9,11H,5-6,8H2,1-2H3,(H,18,19);3-4,8-9H,5-7H2,1-2H3,(H,18,19)/t11-;9-/m00/s1. The maximum Gasteiger partial charge on any atom is 0.354 e. The highest BCUT2D eigenvalue weighted by Crippen LogP contribution is 2.26. The molecule has 40 heavy (non-hydrogen) atoms. The maximum absolute atomic E-state index is 11.1. The van der Waals surface area contributed by atoms with E-state index in [-0.39, 0.29) is 29.7 Å². The van der Waals surface area contributed by atoms with Gasteiger partial charge in [-0.3, -0.25) is 0 Å². The lowest BCUT2D eigenvalue weighted by molar-refractivity contribution is -0.0592. The van der Waals surface area contributed by atoms with Crippen LogP contribution in [0.1, 0.15) is 84.9 Å². The molecule has 0 unspecified atom stereocenters. The smallest absolute Gasteiger partial charge is 0.354 e. The van der Waals surface area contributed by atoms with Crippen molar-refractivity contribution >= 4 is 34.1 Å². The first-order valence-electron chi connectivity index (χ1n) is 13.7. The molecule has 0 bridgehead atoms. The number of imidazole rings is 2. The van der Waals surface area contributed by atoms with E-state index in [0.29, 0.717) is 17.8 Å². The van der Waals surface area contributed by atoms with Crippen molar-refractivity contribution in [1.29, 1.82) is 0 Å². The Bertz CT molecular complexity index is 1430. The number of benzene rings is 1. The second-order valence-corrected chi connectivity index (χ2v) is 10.9. The summed E-state index contributed by atoms with van der Waals surface area (Å²) in [5.74, 6) is 0.508. The molecule has 0 amide bonds. The fraction of sp³-hybridized carbons (Fsp3) is 0.483. The summed E-state index contributed by atoms with van der Waals surface area (Å²) in [6.07, 6.45) is 2.48. The van der Waals surface area contributed by atoms with Crippen LogP contribution < -0.4 is 0 Å². The number of carbonyl (C=O) groups is 2. The van der Waals surface area contributed by atoms with E-state index in [1.165, 1.54) is 6.07 Å². The van der Waals surface area contributed by atoms with Gasteiger partial charge in [-0.25, -0.2) is 24.5 Å². The number of rotatable bonds is 8. The quantitative estimate of drug-likeness (QED) is 0.320. The van der Waals surface area contributed by atoms with Gasteiger partial charge in [0.25, 0.3) is 0 Å². The fourth-order valence-electron chi connectivity index (χ4n) is 4.93. The molecule has 1 aromatic carbocycles. The lowest BCUT2D eigenvalue weighted by atomic mass is 10.1. The first-order chi connectivity index (χ1) is 19.1. The van der Waals surface area contributed by atoms with E-state index in [4.69, 9.17) is 19.7 Å². The van der Waals surface area contributed by atoms with Crippen molar-refractivity contribution in [3.05, 3.63) is 53.2 Å². The molecule has 0 spiro atoms. The number of ether oxygens (including phenoxy) is 2. The van der Waals surface area contributed by atoms with Crippen LogP contribution in [0, 0.1) is 0 Å². The van der Waals surface area contributed by atoms with E-state index < -0.39 is 11.9 Å². The number of carboxylic acids is 2.